The first-order chi connectivity index (χ1) is 11.4. The summed E-state index contributed by atoms with van der Waals surface area (Å²) in [5.41, 5.74) is 9.85. The number of nitrogens with two attached hydrogens (primary N) is 2. The first-order valence-electron chi connectivity index (χ1n) is 6.60. The van der Waals surface area contributed by atoms with Gasteiger partial charge in [-0.3, -0.25) is 4.79 Å². The molecule has 1 amide bonds. The van der Waals surface area contributed by atoms with Crippen LogP contribution in [0, 0.1) is 11.6 Å². The molecular formula is C14H14F2N4O3S. The highest BCUT2D eigenvalue weighted by Crippen LogP contribution is 2.23. The van der Waals surface area contributed by atoms with Crippen molar-refractivity contribution in [2.24, 2.45) is 16.5 Å². The Hall–Kier alpha value is -2.59. The van der Waals surface area contributed by atoms with Crippen LogP contribution in [0.5, 0.6) is 5.75 Å². The zero-order chi connectivity index (χ0) is 17.7. The van der Waals surface area contributed by atoms with Crippen molar-refractivity contribution in [3.05, 3.63) is 45.9 Å². The van der Waals surface area contributed by atoms with Gasteiger partial charge in [0, 0.05) is 18.7 Å². The topological polar surface area (TPSA) is 113 Å². The van der Waals surface area contributed by atoms with E-state index in [0.717, 1.165) is 12.1 Å². The number of rotatable bonds is 7. The highest BCUT2D eigenvalue weighted by Gasteiger charge is 2.20. The number of carbonyl (C=O) groups is 1. The van der Waals surface area contributed by atoms with Gasteiger partial charge in [-0.05, 0) is 12.1 Å². The number of methoxy groups -OCH3 is 1. The largest absolute Gasteiger partial charge is 0.486 e. The number of aliphatic imine (C=N–C) groups is 1. The normalized spacial score (nSPS) is 12.9. The minimum atomic E-state index is -1.23. The number of aromatic nitrogens is 1. The van der Waals surface area contributed by atoms with E-state index in [4.69, 9.17) is 20.9 Å². The molecule has 1 atom stereocenters. The highest BCUT2D eigenvalue weighted by molar-refractivity contribution is 7.11. The maximum Gasteiger partial charge on any atom is 0.254 e. The van der Waals surface area contributed by atoms with Gasteiger partial charge >= 0.3 is 0 Å². The van der Waals surface area contributed by atoms with Gasteiger partial charge in [0.2, 0.25) is 0 Å². The van der Waals surface area contributed by atoms with Crippen LogP contribution in [0.25, 0.3) is 0 Å². The summed E-state index contributed by atoms with van der Waals surface area (Å²) in [6.45, 7) is -0.219. The van der Waals surface area contributed by atoms with Gasteiger partial charge in [0.1, 0.15) is 18.0 Å². The Morgan fingerprint density at radius 1 is 1.42 bits per heavy atom. The molecule has 0 fully saturated rings. The molecule has 0 saturated carbocycles. The van der Waals surface area contributed by atoms with Crippen LogP contribution >= 0.6 is 11.3 Å². The number of halogens is 2. The van der Waals surface area contributed by atoms with Crippen molar-refractivity contribution in [3.8, 4) is 5.75 Å². The Labute approximate surface area is 139 Å². The van der Waals surface area contributed by atoms with Crippen LogP contribution in [0.4, 0.5) is 8.78 Å². The third kappa shape index (κ3) is 4.03. The number of hydrogen-bond donors (Lipinski definition) is 2. The molecule has 4 N–H and O–H groups in total. The molecule has 1 unspecified atom stereocenters. The van der Waals surface area contributed by atoms with Crippen molar-refractivity contribution in [1.82, 2.24) is 4.98 Å². The summed E-state index contributed by atoms with van der Waals surface area (Å²) in [6.07, 6.45) is 0.718. The van der Waals surface area contributed by atoms with E-state index in [1.54, 1.807) is 11.6 Å². The lowest BCUT2D eigenvalue weighted by molar-refractivity contribution is 0.0632. The monoisotopic (exact) mass is 356 g/mol. The molecule has 2 aromatic rings. The highest BCUT2D eigenvalue weighted by atomic mass is 32.1. The van der Waals surface area contributed by atoms with Crippen LogP contribution in [-0.4, -0.2) is 36.7 Å². The average Bonchev–Trinajstić information content (AvgIpc) is 3.07. The molecule has 1 heterocycles. The Balaban J connectivity index is 2.13. The van der Waals surface area contributed by atoms with Gasteiger partial charge in [0.05, 0.1) is 0 Å². The fourth-order valence-electron chi connectivity index (χ4n) is 1.75. The van der Waals surface area contributed by atoms with E-state index in [9.17, 15) is 13.6 Å². The molecule has 1 aromatic carbocycles. The van der Waals surface area contributed by atoms with Crippen LogP contribution in [-0.2, 0) is 4.74 Å². The molecule has 10 heteroatoms. The maximum absolute atomic E-state index is 14.0. The number of primary amides is 1. The Kier molecular flexibility index (Phi) is 5.77. The molecule has 1 aromatic heterocycles. The third-order valence-electron chi connectivity index (χ3n) is 2.89. The summed E-state index contributed by atoms with van der Waals surface area (Å²) < 4.78 is 37.7. The van der Waals surface area contributed by atoms with E-state index in [1.807, 2.05) is 0 Å². The second-order valence-electron chi connectivity index (χ2n) is 4.45. The van der Waals surface area contributed by atoms with Crippen molar-refractivity contribution in [2.75, 3.05) is 13.7 Å². The fourth-order valence-corrected chi connectivity index (χ4v) is 2.30. The first-order valence-corrected chi connectivity index (χ1v) is 7.48. The number of amides is 1. The van der Waals surface area contributed by atoms with Gasteiger partial charge in [-0.2, -0.15) is 0 Å². The summed E-state index contributed by atoms with van der Waals surface area (Å²) in [6, 6.07) is 1.92. The van der Waals surface area contributed by atoms with Crippen LogP contribution in [0.3, 0.4) is 0 Å². The summed E-state index contributed by atoms with van der Waals surface area (Å²) in [5.74, 6) is -3.70. The molecule has 0 aliphatic carbocycles. The predicted octanol–water partition coefficient (Wildman–Crippen LogP) is 1.28. The third-order valence-corrected chi connectivity index (χ3v) is 3.69. The van der Waals surface area contributed by atoms with Crippen molar-refractivity contribution >= 4 is 23.1 Å². The van der Waals surface area contributed by atoms with Crippen molar-refractivity contribution in [1.29, 1.82) is 0 Å². The van der Waals surface area contributed by atoms with Gasteiger partial charge in [-0.1, -0.05) is 0 Å². The Morgan fingerprint density at radius 2 is 2.17 bits per heavy atom. The molecule has 128 valence electrons. The van der Waals surface area contributed by atoms with Gasteiger partial charge in [-0.25, -0.2) is 18.8 Å². The SMILES string of the molecule is COC(COc1ccc(F)c(C(N)=O)c1F)N=C(N)c1nccs1. The minimum absolute atomic E-state index is 0.137. The predicted molar refractivity (Wildman–Crippen MR) is 84.0 cm³/mol. The molecule has 0 spiro atoms. The van der Waals surface area contributed by atoms with E-state index in [2.05, 4.69) is 9.98 Å². The lowest BCUT2D eigenvalue weighted by Gasteiger charge is -2.14. The van der Waals surface area contributed by atoms with Gasteiger partial charge in [-0.15, -0.1) is 11.3 Å². The fraction of sp³-hybridized carbons (Fsp3) is 0.214. The average molecular weight is 356 g/mol. The van der Waals surface area contributed by atoms with E-state index in [-0.39, 0.29) is 18.2 Å². The van der Waals surface area contributed by atoms with E-state index in [0.29, 0.717) is 5.01 Å². The van der Waals surface area contributed by atoms with Crippen LogP contribution in [0.2, 0.25) is 0 Å². The Bertz CT molecular complexity index is 753. The summed E-state index contributed by atoms with van der Waals surface area (Å²) in [4.78, 5) is 19.1. The minimum Gasteiger partial charge on any atom is -0.486 e. The molecule has 0 aliphatic heterocycles. The molecule has 24 heavy (non-hydrogen) atoms. The summed E-state index contributed by atoms with van der Waals surface area (Å²) in [5, 5.41) is 2.23. The summed E-state index contributed by atoms with van der Waals surface area (Å²) >= 11 is 1.29. The van der Waals surface area contributed by atoms with Gasteiger partial charge in [0.15, 0.2) is 28.6 Å². The number of carbonyl (C=O) groups excluding carboxylic acids is 1. The lowest BCUT2D eigenvalue weighted by Crippen LogP contribution is -2.24. The molecule has 0 saturated heterocycles. The van der Waals surface area contributed by atoms with Gasteiger partial charge < -0.3 is 20.9 Å². The molecule has 2 rings (SSSR count). The number of benzene rings is 1. The molecule has 0 aliphatic rings. The molecule has 0 bridgehead atoms. The second-order valence-corrected chi connectivity index (χ2v) is 5.35. The van der Waals surface area contributed by atoms with Crippen molar-refractivity contribution in [2.45, 2.75) is 6.23 Å². The number of hydrogen-bond acceptors (Lipinski definition) is 6. The van der Waals surface area contributed by atoms with Crippen LogP contribution in [0.15, 0.2) is 28.7 Å². The second kappa shape index (κ2) is 7.79. The summed E-state index contributed by atoms with van der Waals surface area (Å²) in [7, 11) is 1.36. The standard InChI is InChI=1S/C14H14F2N4O3S/c1-22-9(20-12(17)14-19-4-5-24-14)6-23-8-3-2-7(15)10(11(8)16)13(18)21/h2-5,9H,6H2,1H3,(H2,17,20)(H2,18,21). The lowest BCUT2D eigenvalue weighted by atomic mass is 10.1. The molecule has 0 radical (unpaired) electrons. The zero-order valence-electron chi connectivity index (χ0n) is 12.5. The quantitative estimate of drug-likeness (QED) is 0.573. The van der Waals surface area contributed by atoms with Crippen molar-refractivity contribution < 1.29 is 23.0 Å². The maximum atomic E-state index is 14.0. The van der Waals surface area contributed by atoms with E-state index >= 15 is 0 Å². The van der Waals surface area contributed by atoms with Crippen LogP contribution < -0.4 is 16.2 Å². The first kappa shape index (κ1) is 17.8. The van der Waals surface area contributed by atoms with E-state index < -0.39 is 29.3 Å². The van der Waals surface area contributed by atoms with Gasteiger partial charge in [0.25, 0.3) is 5.91 Å². The molecule has 7 nitrogen and oxygen atoms in total. The Morgan fingerprint density at radius 3 is 2.75 bits per heavy atom. The molecular weight excluding hydrogens is 342 g/mol. The number of thiazole rings is 1. The number of amidine groups is 1. The van der Waals surface area contributed by atoms with Crippen LogP contribution in [0.1, 0.15) is 15.4 Å². The number of ether oxygens (including phenoxy) is 2. The van der Waals surface area contributed by atoms with Crippen molar-refractivity contribution in [3.63, 3.8) is 0 Å². The van der Waals surface area contributed by atoms with E-state index in [1.165, 1.54) is 18.4 Å². The smallest absolute Gasteiger partial charge is 0.254 e. The zero-order valence-corrected chi connectivity index (χ0v) is 13.3. The number of nitrogens with zero attached hydrogens (tertiary/aromatic N) is 2.